The van der Waals surface area contributed by atoms with E-state index in [1.807, 2.05) is 0 Å². The number of allylic oxidation sites excluding steroid dienone is 1. The third-order valence-electron chi connectivity index (χ3n) is 4.49. The van der Waals surface area contributed by atoms with Crippen LogP contribution in [0.2, 0.25) is 0 Å². The van der Waals surface area contributed by atoms with Crippen LogP contribution in [0.25, 0.3) is 0 Å². The molecule has 31 heavy (non-hydrogen) atoms. The summed E-state index contributed by atoms with van der Waals surface area (Å²) >= 11 is 0. The maximum atomic E-state index is 11.1. The summed E-state index contributed by atoms with van der Waals surface area (Å²) in [5.74, 6) is 0.435. The van der Waals surface area contributed by atoms with Gasteiger partial charge in [-0.15, -0.1) is 6.58 Å². The highest BCUT2D eigenvalue weighted by molar-refractivity contribution is 5.39. The maximum absolute atomic E-state index is 11.1. The number of aliphatic hydroxyl groups is 1. The number of nitrogens with zero attached hydrogens (tertiary/aromatic N) is 2. The van der Waals surface area contributed by atoms with Crippen LogP contribution in [0.15, 0.2) is 61.2 Å². The van der Waals surface area contributed by atoms with Crippen molar-refractivity contribution in [3.05, 3.63) is 81.4 Å². The van der Waals surface area contributed by atoms with Crippen LogP contribution in [0.3, 0.4) is 0 Å². The molecule has 0 bridgehead atoms. The molecule has 0 aromatic heterocycles. The highest BCUT2D eigenvalue weighted by Crippen LogP contribution is 2.27. The van der Waals surface area contributed by atoms with Crippen LogP contribution < -0.4 is 9.47 Å². The van der Waals surface area contributed by atoms with Crippen molar-refractivity contribution in [1.82, 2.24) is 0 Å². The molecule has 2 aromatic rings. The van der Waals surface area contributed by atoms with E-state index >= 15 is 0 Å². The van der Waals surface area contributed by atoms with Gasteiger partial charge in [0.25, 0.3) is 11.4 Å². The molecule has 166 valence electrons. The number of hydrogen-bond donors (Lipinski definition) is 1. The van der Waals surface area contributed by atoms with Gasteiger partial charge >= 0.3 is 0 Å². The molecule has 0 heterocycles. The third kappa shape index (κ3) is 6.76. The molecule has 0 aliphatic rings. The van der Waals surface area contributed by atoms with E-state index in [4.69, 9.17) is 14.2 Å². The Labute approximate surface area is 179 Å². The molecule has 0 aliphatic carbocycles. The summed E-state index contributed by atoms with van der Waals surface area (Å²) in [5, 5.41) is 32.0. The number of non-ortho nitro benzene ring substituents is 2. The average molecular weight is 432 g/mol. The van der Waals surface area contributed by atoms with Crippen LogP contribution in [-0.4, -0.2) is 47.0 Å². The molecule has 0 fully saturated rings. The van der Waals surface area contributed by atoms with Crippen LogP contribution in [0, 0.1) is 20.2 Å². The van der Waals surface area contributed by atoms with E-state index < -0.39 is 34.8 Å². The van der Waals surface area contributed by atoms with Gasteiger partial charge in [0, 0.05) is 19.2 Å². The van der Waals surface area contributed by atoms with E-state index in [1.165, 1.54) is 43.5 Å². The number of rotatable bonds is 13. The second kappa shape index (κ2) is 11.6. The topological polar surface area (TPSA) is 134 Å². The second-order valence-corrected chi connectivity index (χ2v) is 6.57. The minimum absolute atomic E-state index is 0.137. The zero-order chi connectivity index (χ0) is 22.8. The number of benzene rings is 2. The zero-order valence-electron chi connectivity index (χ0n) is 17.0. The Morgan fingerprint density at radius 2 is 1.55 bits per heavy atom. The van der Waals surface area contributed by atoms with Crippen LogP contribution in [0.5, 0.6) is 11.5 Å². The van der Waals surface area contributed by atoms with Gasteiger partial charge < -0.3 is 19.3 Å². The zero-order valence-corrected chi connectivity index (χ0v) is 17.0. The fourth-order valence-electron chi connectivity index (χ4n) is 2.95. The molecule has 1 N–H and O–H groups in total. The van der Waals surface area contributed by atoms with E-state index in [0.717, 1.165) is 0 Å². The van der Waals surface area contributed by atoms with Crippen molar-refractivity contribution < 1.29 is 29.2 Å². The quantitative estimate of drug-likeness (QED) is 0.288. The Morgan fingerprint density at radius 3 is 2.00 bits per heavy atom. The Hall–Kier alpha value is -3.50. The first-order valence-electron chi connectivity index (χ1n) is 9.46. The maximum Gasteiger partial charge on any atom is 0.273 e. The number of hydrogen-bond acceptors (Lipinski definition) is 8. The molecule has 0 radical (unpaired) electrons. The smallest absolute Gasteiger partial charge is 0.273 e. The number of methoxy groups -OCH3 is 1. The minimum Gasteiger partial charge on any atom is -0.486 e. The number of nitro groups is 2. The second-order valence-electron chi connectivity index (χ2n) is 6.57. The predicted octanol–water partition coefficient (Wildman–Crippen LogP) is 3.67. The number of nitro benzene ring substituents is 2. The Kier molecular flexibility index (Phi) is 8.92. The summed E-state index contributed by atoms with van der Waals surface area (Å²) in [5.41, 5.74) is -0.293. The SMILES string of the molecule is C=CCCC(Oc1cccc([N+](=O)[O-])c1)C(Oc1cccc([N+](=O)[O-])c1)C(CO)OC. The average Bonchev–Trinajstić information content (AvgIpc) is 2.77. The molecule has 3 unspecified atom stereocenters. The van der Waals surface area contributed by atoms with Crippen LogP contribution in [-0.2, 0) is 4.74 Å². The first kappa shape index (κ1) is 23.8. The van der Waals surface area contributed by atoms with Crippen molar-refractivity contribution in [2.24, 2.45) is 0 Å². The number of aliphatic hydroxyl groups excluding tert-OH is 1. The minimum atomic E-state index is -0.879. The molecule has 2 rings (SSSR count). The summed E-state index contributed by atoms with van der Waals surface area (Å²) in [6.07, 6.45) is 0.178. The lowest BCUT2D eigenvalue weighted by atomic mass is 10.0. The van der Waals surface area contributed by atoms with Crippen LogP contribution in [0.1, 0.15) is 12.8 Å². The fraction of sp³-hybridized carbons (Fsp3) is 0.333. The van der Waals surface area contributed by atoms with Crippen molar-refractivity contribution >= 4 is 11.4 Å². The molecule has 2 aromatic carbocycles. The Morgan fingerprint density at radius 1 is 1.00 bits per heavy atom. The van der Waals surface area contributed by atoms with E-state index in [-0.39, 0.29) is 22.9 Å². The summed E-state index contributed by atoms with van der Waals surface area (Å²) in [7, 11) is 1.39. The first-order valence-corrected chi connectivity index (χ1v) is 9.46. The van der Waals surface area contributed by atoms with Gasteiger partial charge in [0.05, 0.1) is 28.6 Å². The molecular weight excluding hydrogens is 408 g/mol. The molecule has 0 saturated carbocycles. The van der Waals surface area contributed by atoms with Gasteiger partial charge in [-0.25, -0.2) is 0 Å². The van der Waals surface area contributed by atoms with Gasteiger partial charge in [-0.05, 0) is 25.0 Å². The van der Waals surface area contributed by atoms with Crippen molar-refractivity contribution in [2.45, 2.75) is 31.2 Å². The largest absolute Gasteiger partial charge is 0.486 e. The Balaban J connectivity index is 2.38. The number of ether oxygens (including phenoxy) is 3. The molecule has 3 atom stereocenters. The van der Waals surface area contributed by atoms with Crippen molar-refractivity contribution in [2.75, 3.05) is 13.7 Å². The van der Waals surface area contributed by atoms with Gasteiger partial charge in [-0.3, -0.25) is 20.2 Å². The van der Waals surface area contributed by atoms with E-state index in [0.29, 0.717) is 12.8 Å². The van der Waals surface area contributed by atoms with Crippen molar-refractivity contribution in [1.29, 1.82) is 0 Å². The highest BCUT2D eigenvalue weighted by Gasteiger charge is 2.33. The summed E-state index contributed by atoms with van der Waals surface area (Å²) in [6, 6.07) is 11.3. The lowest BCUT2D eigenvalue weighted by Gasteiger charge is -2.32. The molecule has 0 spiro atoms. The molecule has 10 nitrogen and oxygen atoms in total. The monoisotopic (exact) mass is 432 g/mol. The highest BCUT2D eigenvalue weighted by atomic mass is 16.6. The molecule has 0 amide bonds. The van der Waals surface area contributed by atoms with E-state index in [1.54, 1.807) is 18.2 Å². The summed E-state index contributed by atoms with van der Waals surface area (Å²) in [6.45, 7) is 3.29. The van der Waals surface area contributed by atoms with Crippen LogP contribution in [0.4, 0.5) is 11.4 Å². The van der Waals surface area contributed by atoms with Crippen molar-refractivity contribution in [3.63, 3.8) is 0 Å². The lowest BCUT2D eigenvalue weighted by Crippen LogP contribution is -2.47. The molecule has 0 aliphatic heterocycles. The van der Waals surface area contributed by atoms with Gasteiger partial charge in [0.1, 0.15) is 23.7 Å². The van der Waals surface area contributed by atoms with Gasteiger partial charge in [0.2, 0.25) is 0 Å². The van der Waals surface area contributed by atoms with Crippen LogP contribution >= 0.6 is 0 Å². The lowest BCUT2D eigenvalue weighted by molar-refractivity contribution is -0.385. The van der Waals surface area contributed by atoms with Gasteiger partial charge in [-0.2, -0.15) is 0 Å². The molecule has 10 heteroatoms. The third-order valence-corrected chi connectivity index (χ3v) is 4.49. The fourth-order valence-corrected chi connectivity index (χ4v) is 2.95. The van der Waals surface area contributed by atoms with Gasteiger partial charge in [0.15, 0.2) is 6.10 Å². The molecular formula is C21H24N2O8. The van der Waals surface area contributed by atoms with Gasteiger partial charge in [-0.1, -0.05) is 18.2 Å². The summed E-state index contributed by atoms with van der Waals surface area (Å²) in [4.78, 5) is 21.1. The standard InChI is InChI=1S/C21H24N2O8/c1-3-4-11-19(30-17-9-5-7-15(12-17)22(25)26)21(20(14-24)29-2)31-18-10-6-8-16(13-18)23(27)28/h3,5-10,12-13,19-21,24H,1,4,11,14H2,2H3. The first-order chi connectivity index (χ1) is 14.9. The predicted molar refractivity (Wildman–Crippen MR) is 112 cm³/mol. The Bertz CT molecular complexity index is 900. The molecule has 0 saturated heterocycles. The van der Waals surface area contributed by atoms with E-state index in [2.05, 4.69) is 6.58 Å². The van der Waals surface area contributed by atoms with Crippen molar-refractivity contribution in [3.8, 4) is 11.5 Å². The summed E-state index contributed by atoms with van der Waals surface area (Å²) < 4.78 is 17.3. The van der Waals surface area contributed by atoms with E-state index in [9.17, 15) is 25.3 Å². The normalized spacial score (nSPS) is 13.6.